The van der Waals surface area contributed by atoms with Gasteiger partial charge in [-0.2, -0.15) is 0 Å². The zero-order valence-electron chi connectivity index (χ0n) is 14.1. The molecule has 0 spiro atoms. The van der Waals surface area contributed by atoms with E-state index in [0.717, 1.165) is 0 Å². The predicted molar refractivity (Wildman–Crippen MR) is 88.2 cm³/mol. The molecule has 0 radical (unpaired) electrons. The van der Waals surface area contributed by atoms with E-state index in [2.05, 4.69) is 69.6 Å². The van der Waals surface area contributed by atoms with Crippen LogP contribution in [0.3, 0.4) is 0 Å². The molecule has 2 atom stereocenters. The molecule has 0 heterocycles. The highest BCUT2D eigenvalue weighted by atomic mass is 31.2. The lowest BCUT2D eigenvalue weighted by Gasteiger charge is -2.43. The number of hydrogen-bond donors (Lipinski definition) is 0. The molecule has 0 fully saturated rings. The Morgan fingerprint density at radius 3 is 1.75 bits per heavy atom. The van der Waals surface area contributed by atoms with Gasteiger partial charge in [-0.3, -0.25) is 0 Å². The van der Waals surface area contributed by atoms with E-state index in [1.807, 2.05) is 0 Å². The summed E-state index contributed by atoms with van der Waals surface area (Å²) < 4.78 is 10.9. The maximum Gasteiger partial charge on any atom is 0.238 e. The van der Waals surface area contributed by atoms with Gasteiger partial charge in [-0.25, -0.2) is 15.9 Å². The van der Waals surface area contributed by atoms with Gasteiger partial charge in [0.15, 0.2) is 14.5 Å². The van der Waals surface area contributed by atoms with E-state index in [9.17, 15) is 0 Å². The molecule has 0 aromatic heterocycles. The fraction of sp³-hybridized carbons (Fsp3) is 0.867. The largest absolute Gasteiger partial charge is 0.323 e. The maximum absolute atomic E-state index is 6.91. The number of nitrogens with zero attached hydrogens (tertiary/aromatic N) is 3. The molecule has 116 valence electrons. The quantitative estimate of drug-likeness (QED) is 0.361. The van der Waals surface area contributed by atoms with Crippen LogP contribution in [-0.2, 0) is 4.52 Å². The summed E-state index contributed by atoms with van der Waals surface area (Å²) in [6.07, 6.45) is 0. The van der Waals surface area contributed by atoms with Crippen LogP contribution in [0.2, 0.25) is 0 Å². The molecule has 0 amide bonds. The van der Waals surface area contributed by atoms with Crippen LogP contribution in [-0.4, -0.2) is 46.7 Å². The van der Waals surface area contributed by atoms with Crippen molar-refractivity contribution in [3.8, 4) is 0 Å². The van der Waals surface area contributed by atoms with Crippen molar-refractivity contribution in [1.82, 2.24) is 9.34 Å². The van der Waals surface area contributed by atoms with Crippen LogP contribution in [0.5, 0.6) is 0 Å². The van der Waals surface area contributed by atoms with Crippen LogP contribution >= 0.6 is 8.45 Å². The van der Waals surface area contributed by atoms with Gasteiger partial charge in [0.1, 0.15) is 6.61 Å². The van der Waals surface area contributed by atoms with Gasteiger partial charge in [0.05, 0.1) is 6.92 Å². The Labute approximate surface area is 127 Å². The van der Waals surface area contributed by atoms with Crippen molar-refractivity contribution in [3.05, 3.63) is 18.3 Å². The van der Waals surface area contributed by atoms with Crippen molar-refractivity contribution >= 4 is 8.45 Å². The van der Waals surface area contributed by atoms with E-state index in [1.54, 1.807) is 0 Å². The summed E-state index contributed by atoms with van der Waals surface area (Å²) in [6.45, 7) is 27.2. The molecule has 0 aromatic carbocycles. The molecule has 0 saturated carbocycles. The summed E-state index contributed by atoms with van der Waals surface area (Å²) in [5.41, 5.74) is 0. The lowest BCUT2D eigenvalue weighted by Crippen LogP contribution is -2.43. The van der Waals surface area contributed by atoms with Crippen molar-refractivity contribution in [2.24, 2.45) is 0 Å². The Morgan fingerprint density at radius 2 is 1.45 bits per heavy atom. The molecule has 0 aliphatic heterocycles. The minimum Gasteiger partial charge on any atom is -0.323 e. The molecule has 0 saturated heterocycles. The molecule has 0 N–H and O–H groups in total. The molecule has 20 heavy (non-hydrogen) atoms. The van der Waals surface area contributed by atoms with E-state index in [4.69, 9.17) is 11.1 Å². The fourth-order valence-electron chi connectivity index (χ4n) is 2.29. The van der Waals surface area contributed by atoms with Gasteiger partial charge >= 0.3 is 0 Å². The van der Waals surface area contributed by atoms with Crippen molar-refractivity contribution in [2.45, 2.75) is 72.6 Å². The highest BCUT2D eigenvalue weighted by molar-refractivity contribution is 7.47. The SMILES string of the molecule is [C-]#[N+]CCOP(N(C([CH2+])C)C(C)C)N(C(C)C)C(C)C. The van der Waals surface area contributed by atoms with E-state index in [1.165, 1.54) is 0 Å². The van der Waals surface area contributed by atoms with Crippen molar-refractivity contribution in [2.75, 3.05) is 13.2 Å². The summed E-state index contributed by atoms with van der Waals surface area (Å²) in [7, 11) is -0.896. The van der Waals surface area contributed by atoms with Crippen molar-refractivity contribution < 1.29 is 4.52 Å². The lowest BCUT2D eigenvalue weighted by atomic mass is 10.3. The first kappa shape index (κ1) is 19.7. The molecular weight excluding hydrogens is 269 g/mol. The van der Waals surface area contributed by atoms with Crippen LogP contribution < -0.4 is 0 Å². The monoisotopic (exact) mass is 300 g/mol. The summed E-state index contributed by atoms with van der Waals surface area (Å²) in [5, 5.41) is 0. The smallest absolute Gasteiger partial charge is 0.238 e. The second-order valence-electron chi connectivity index (χ2n) is 5.86. The number of hydrogen-bond acceptors (Lipinski definition) is 3. The zero-order chi connectivity index (χ0) is 15.9. The molecule has 0 rings (SSSR count). The summed E-state index contributed by atoms with van der Waals surface area (Å²) in [6, 6.07) is 1.33. The van der Waals surface area contributed by atoms with E-state index in [-0.39, 0.29) is 6.04 Å². The molecular formula is C15H31N3OP+. The molecule has 0 bridgehead atoms. The summed E-state index contributed by atoms with van der Waals surface area (Å²) in [5.74, 6) is 0. The van der Waals surface area contributed by atoms with Crippen molar-refractivity contribution in [1.29, 1.82) is 0 Å². The van der Waals surface area contributed by atoms with Crippen LogP contribution in [0.15, 0.2) is 0 Å². The Morgan fingerprint density at radius 1 is 1.00 bits per heavy atom. The standard InChI is InChI=1S/C15H31N3OP/c1-12(2)17(13(3)4)20(19-11-10-16-9)18(14(5)6)15(7)8/h12-15H,1,10-11H2,2-8H3/q+1. The Hall–Kier alpha value is -0.330. The highest BCUT2D eigenvalue weighted by Gasteiger charge is 2.36. The molecule has 5 heteroatoms. The first-order chi connectivity index (χ1) is 9.23. The molecule has 0 aromatic rings. The van der Waals surface area contributed by atoms with Crippen LogP contribution in [0.4, 0.5) is 0 Å². The average Bonchev–Trinajstić information content (AvgIpc) is 2.26. The second kappa shape index (κ2) is 9.58. The predicted octanol–water partition coefficient (Wildman–Crippen LogP) is 4.20. The van der Waals surface area contributed by atoms with Gasteiger partial charge in [-0.1, -0.05) is 0 Å². The average molecular weight is 300 g/mol. The second-order valence-corrected chi connectivity index (χ2v) is 7.55. The van der Waals surface area contributed by atoms with Gasteiger partial charge in [0.2, 0.25) is 6.54 Å². The lowest BCUT2D eigenvalue weighted by molar-refractivity contribution is 0.197. The van der Waals surface area contributed by atoms with Gasteiger partial charge in [-0.15, -0.1) is 0 Å². The van der Waals surface area contributed by atoms with E-state index in [0.29, 0.717) is 31.3 Å². The van der Waals surface area contributed by atoms with Gasteiger partial charge in [0.25, 0.3) is 0 Å². The van der Waals surface area contributed by atoms with E-state index >= 15 is 0 Å². The summed E-state index contributed by atoms with van der Waals surface area (Å²) >= 11 is 0. The third kappa shape index (κ3) is 5.97. The minimum atomic E-state index is -0.896. The summed E-state index contributed by atoms with van der Waals surface area (Å²) in [4.78, 5) is 3.39. The first-order valence-electron chi connectivity index (χ1n) is 7.39. The van der Waals surface area contributed by atoms with Gasteiger partial charge in [-0.05, 0) is 48.5 Å². The highest BCUT2D eigenvalue weighted by Crippen LogP contribution is 2.50. The normalized spacial score (nSPS) is 15.3. The Balaban J connectivity index is 5.26. The molecule has 0 aliphatic carbocycles. The molecule has 4 nitrogen and oxygen atoms in total. The van der Waals surface area contributed by atoms with Gasteiger partial charge < -0.3 is 9.37 Å². The Bertz CT molecular complexity index is 264. The third-order valence-electron chi connectivity index (χ3n) is 2.84. The fourth-order valence-corrected chi connectivity index (χ4v) is 4.56. The van der Waals surface area contributed by atoms with Crippen molar-refractivity contribution in [3.63, 3.8) is 0 Å². The minimum absolute atomic E-state index is 0.175. The molecule has 2 unspecified atom stereocenters. The zero-order valence-corrected chi connectivity index (χ0v) is 15.0. The van der Waals surface area contributed by atoms with Crippen LogP contribution in [0.1, 0.15) is 48.5 Å². The Kier molecular flexibility index (Phi) is 9.42. The molecule has 0 aliphatic rings. The third-order valence-corrected chi connectivity index (χ3v) is 5.83. The van der Waals surface area contributed by atoms with E-state index < -0.39 is 8.45 Å². The maximum atomic E-state index is 6.91. The van der Waals surface area contributed by atoms with Crippen LogP contribution in [0.25, 0.3) is 4.85 Å². The van der Waals surface area contributed by atoms with Gasteiger partial charge in [0, 0.05) is 18.1 Å². The van der Waals surface area contributed by atoms with Crippen LogP contribution in [0, 0.1) is 13.5 Å². The first-order valence-corrected chi connectivity index (χ1v) is 8.56. The number of rotatable bonds is 9. The topological polar surface area (TPSA) is 20.1 Å².